The smallest absolute Gasteiger partial charge is 0.278 e. The van der Waals surface area contributed by atoms with Crippen LogP contribution in [-0.2, 0) is 16.1 Å². The minimum Gasteiger partial charge on any atom is -0.496 e. The zero-order valence-electron chi connectivity index (χ0n) is 19.9. The molecule has 1 saturated heterocycles. The summed E-state index contributed by atoms with van der Waals surface area (Å²) >= 11 is 0. The fourth-order valence-corrected chi connectivity index (χ4v) is 4.76. The Hall–Kier alpha value is -4.06. The minimum atomic E-state index is -0.347. The summed E-state index contributed by atoms with van der Waals surface area (Å²) in [5.74, 6) is -0.0246. The number of para-hydroxylation sites is 1. The number of rotatable bonds is 7. The number of carbonyl (C=O) groups excluding carboxylic acids is 2. The molecule has 6 nitrogen and oxygen atoms in total. The van der Waals surface area contributed by atoms with Crippen molar-refractivity contribution in [2.45, 2.75) is 25.8 Å². The molecule has 3 aromatic rings. The molecule has 1 N–H and O–H groups in total. The Kier molecular flexibility index (Phi) is 6.53. The summed E-state index contributed by atoms with van der Waals surface area (Å²) in [5, 5.41) is 3.26. The van der Waals surface area contributed by atoms with Gasteiger partial charge in [-0.2, -0.15) is 0 Å². The van der Waals surface area contributed by atoms with E-state index in [0.29, 0.717) is 22.6 Å². The first kappa shape index (κ1) is 22.7. The van der Waals surface area contributed by atoms with Gasteiger partial charge in [-0.15, -0.1) is 0 Å². The van der Waals surface area contributed by atoms with Gasteiger partial charge in [0.15, 0.2) is 0 Å². The number of piperidine rings is 1. The van der Waals surface area contributed by atoms with E-state index < -0.39 is 0 Å². The van der Waals surface area contributed by atoms with E-state index in [-0.39, 0.29) is 18.4 Å². The first-order chi connectivity index (χ1) is 17.2. The molecule has 1 fully saturated rings. The lowest BCUT2D eigenvalue weighted by Crippen LogP contribution is -2.32. The highest BCUT2D eigenvalue weighted by atomic mass is 16.5. The van der Waals surface area contributed by atoms with E-state index >= 15 is 0 Å². The fourth-order valence-electron chi connectivity index (χ4n) is 4.76. The predicted molar refractivity (Wildman–Crippen MR) is 138 cm³/mol. The van der Waals surface area contributed by atoms with Gasteiger partial charge in [-0.1, -0.05) is 48.5 Å². The van der Waals surface area contributed by atoms with E-state index in [1.807, 2.05) is 66.7 Å². The molecule has 6 heteroatoms. The van der Waals surface area contributed by atoms with Crippen LogP contribution in [0.2, 0.25) is 0 Å². The highest BCUT2D eigenvalue weighted by Gasteiger charge is 2.39. The molecule has 0 aromatic heterocycles. The first-order valence-corrected chi connectivity index (χ1v) is 12.1. The quantitative estimate of drug-likeness (QED) is 0.491. The van der Waals surface area contributed by atoms with Crippen molar-refractivity contribution in [2.75, 3.05) is 30.4 Å². The molecule has 0 bridgehead atoms. The highest BCUT2D eigenvalue weighted by Crippen LogP contribution is 2.33. The summed E-state index contributed by atoms with van der Waals surface area (Å²) in [6.45, 7) is 2.28. The molecule has 35 heavy (non-hydrogen) atoms. The maximum atomic E-state index is 13.6. The van der Waals surface area contributed by atoms with Crippen LogP contribution < -0.4 is 15.0 Å². The SMILES string of the molecule is COc1ccccc1CN1C(=O)C(Nc2ccc(N3CCCCC3)cc2)=C(c2ccccc2)C1=O. The average Bonchev–Trinajstić information content (AvgIpc) is 3.14. The predicted octanol–water partition coefficient (Wildman–Crippen LogP) is 5.08. The number of ether oxygens (including phenoxy) is 1. The van der Waals surface area contributed by atoms with Gasteiger partial charge in [0.1, 0.15) is 11.4 Å². The molecule has 2 aliphatic rings. The van der Waals surface area contributed by atoms with Crippen LogP contribution in [0, 0.1) is 0 Å². The van der Waals surface area contributed by atoms with Gasteiger partial charge in [0.2, 0.25) is 0 Å². The molecule has 0 aliphatic carbocycles. The van der Waals surface area contributed by atoms with Crippen LogP contribution >= 0.6 is 0 Å². The lowest BCUT2D eigenvalue weighted by atomic mass is 10.0. The highest BCUT2D eigenvalue weighted by molar-refractivity contribution is 6.36. The summed E-state index contributed by atoms with van der Waals surface area (Å²) in [6.07, 6.45) is 3.71. The Morgan fingerprint density at radius 3 is 2.20 bits per heavy atom. The Morgan fingerprint density at radius 2 is 1.49 bits per heavy atom. The minimum absolute atomic E-state index is 0.136. The summed E-state index contributed by atoms with van der Waals surface area (Å²) < 4.78 is 5.44. The number of benzene rings is 3. The van der Waals surface area contributed by atoms with E-state index in [4.69, 9.17) is 4.74 Å². The van der Waals surface area contributed by atoms with E-state index in [9.17, 15) is 9.59 Å². The second kappa shape index (κ2) is 10.1. The lowest BCUT2D eigenvalue weighted by molar-refractivity contribution is -0.137. The molecule has 2 amide bonds. The molecule has 2 heterocycles. The third-order valence-corrected chi connectivity index (χ3v) is 6.61. The summed E-state index contributed by atoms with van der Waals surface area (Å²) in [5.41, 5.74) is 4.11. The lowest BCUT2D eigenvalue weighted by Gasteiger charge is -2.28. The van der Waals surface area contributed by atoms with E-state index in [1.165, 1.54) is 29.8 Å². The largest absolute Gasteiger partial charge is 0.496 e. The maximum absolute atomic E-state index is 13.6. The van der Waals surface area contributed by atoms with Crippen molar-refractivity contribution in [1.29, 1.82) is 0 Å². The number of nitrogens with zero attached hydrogens (tertiary/aromatic N) is 2. The molecule has 0 atom stereocenters. The van der Waals surface area contributed by atoms with Crippen LogP contribution in [0.15, 0.2) is 84.6 Å². The van der Waals surface area contributed by atoms with Crippen LogP contribution in [0.3, 0.4) is 0 Å². The third kappa shape index (κ3) is 4.64. The van der Waals surface area contributed by atoms with Gasteiger partial charge in [-0.25, -0.2) is 0 Å². The molecular weight excluding hydrogens is 438 g/mol. The monoisotopic (exact) mass is 467 g/mol. The van der Waals surface area contributed by atoms with Crippen molar-refractivity contribution in [2.24, 2.45) is 0 Å². The van der Waals surface area contributed by atoms with Crippen LogP contribution in [0.1, 0.15) is 30.4 Å². The van der Waals surface area contributed by atoms with Crippen molar-refractivity contribution in [1.82, 2.24) is 4.90 Å². The summed E-state index contributed by atoms with van der Waals surface area (Å²) in [7, 11) is 1.58. The third-order valence-electron chi connectivity index (χ3n) is 6.61. The van der Waals surface area contributed by atoms with Crippen molar-refractivity contribution in [3.8, 4) is 5.75 Å². The number of methoxy groups -OCH3 is 1. The van der Waals surface area contributed by atoms with Crippen molar-refractivity contribution in [3.05, 3.63) is 95.7 Å². The fraction of sp³-hybridized carbons (Fsp3) is 0.241. The Balaban J connectivity index is 1.44. The van der Waals surface area contributed by atoms with Crippen LogP contribution in [0.25, 0.3) is 5.57 Å². The van der Waals surface area contributed by atoms with Gasteiger partial charge in [0, 0.05) is 30.0 Å². The summed E-state index contributed by atoms with van der Waals surface area (Å²) in [6, 6.07) is 24.9. The van der Waals surface area contributed by atoms with Gasteiger partial charge in [0.25, 0.3) is 11.8 Å². The Bertz CT molecular complexity index is 1250. The Morgan fingerprint density at radius 1 is 0.800 bits per heavy atom. The number of hydrogen-bond donors (Lipinski definition) is 1. The van der Waals surface area contributed by atoms with E-state index in [1.54, 1.807) is 7.11 Å². The molecule has 0 spiro atoms. The van der Waals surface area contributed by atoms with Gasteiger partial charge >= 0.3 is 0 Å². The number of nitrogens with one attached hydrogen (secondary N) is 1. The molecule has 178 valence electrons. The molecule has 2 aliphatic heterocycles. The summed E-state index contributed by atoms with van der Waals surface area (Å²) in [4.78, 5) is 30.8. The number of hydrogen-bond acceptors (Lipinski definition) is 5. The van der Waals surface area contributed by atoms with Crippen LogP contribution in [-0.4, -0.2) is 36.9 Å². The van der Waals surface area contributed by atoms with Gasteiger partial charge < -0.3 is 15.0 Å². The van der Waals surface area contributed by atoms with E-state index in [0.717, 1.165) is 24.3 Å². The number of imide groups is 1. The zero-order chi connectivity index (χ0) is 24.2. The van der Waals surface area contributed by atoms with Crippen molar-refractivity contribution < 1.29 is 14.3 Å². The molecule has 3 aromatic carbocycles. The van der Waals surface area contributed by atoms with Gasteiger partial charge in [-0.3, -0.25) is 14.5 Å². The molecular formula is C29H29N3O3. The van der Waals surface area contributed by atoms with Crippen molar-refractivity contribution in [3.63, 3.8) is 0 Å². The topological polar surface area (TPSA) is 61.9 Å². The molecule has 0 radical (unpaired) electrons. The second-order valence-corrected chi connectivity index (χ2v) is 8.84. The Labute approximate surface area is 205 Å². The molecule has 0 unspecified atom stereocenters. The van der Waals surface area contributed by atoms with Gasteiger partial charge in [-0.05, 0) is 55.2 Å². The second-order valence-electron chi connectivity index (χ2n) is 8.84. The maximum Gasteiger partial charge on any atom is 0.278 e. The number of carbonyl (C=O) groups is 2. The standard InChI is InChI=1S/C29H29N3O3/c1-35-25-13-7-6-12-22(25)20-32-28(33)26(21-10-4-2-5-11-21)27(29(32)34)30-23-14-16-24(17-15-23)31-18-8-3-9-19-31/h2,4-7,10-17,30H,3,8-9,18-20H2,1H3. The zero-order valence-corrected chi connectivity index (χ0v) is 19.9. The molecule has 0 saturated carbocycles. The van der Waals surface area contributed by atoms with Gasteiger partial charge in [0.05, 0.1) is 19.2 Å². The normalized spacial score (nSPS) is 16.1. The number of amides is 2. The molecule has 5 rings (SSSR count). The van der Waals surface area contributed by atoms with Crippen LogP contribution in [0.4, 0.5) is 11.4 Å². The van der Waals surface area contributed by atoms with E-state index in [2.05, 4.69) is 22.3 Å². The van der Waals surface area contributed by atoms with Crippen molar-refractivity contribution >= 4 is 28.8 Å². The number of anilines is 2. The van der Waals surface area contributed by atoms with Crippen LogP contribution in [0.5, 0.6) is 5.75 Å². The average molecular weight is 468 g/mol. The first-order valence-electron chi connectivity index (χ1n) is 12.1.